The van der Waals surface area contributed by atoms with Crippen LogP contribution in [0.4, 0.5) is 0 Å². The van der Waals surface area contributed by atoms with Crippen LogP contribution in [0, 0.1) is 6.92 Å². The number of fused-ring (bicyclic) bond motifs is 1. The quantitative estimate of drug-likeness (QED) is 0.276. The fraction of sp³-hybridized carbons (Fsp3) is 0.267. The maximum Gasteiger partial charge on any atom is 0.253 e. The first kappa shape index (κ1) is 26.3. The largest absolute Gasteiger partial charge is 0.497 e. The molecule has 0 aliphatic carbocycles. The summed E-state index contributed by atoms with van der Waals surface area (Å²) in [4.78, 5) is 19.0. The lowest BCUT2D eigenvalue weighted by Gasteiger charge is -2.31. The van der Waals surface area contributed by atoms with Gasteiger partial charge < -0.3 is 14.5 Å². The van der Waals surface area contributed by atoms with Crippen molar-refractivity contribution < 1.29 is 9.47 Å². The van der Waals surface area contributed by atoms with E-state index in [2.05, 4.69) is 43.6 Å². The molecule has 0 radical (unpaired) electrons. The number of nitrogens with one attached hydrogen (secondary N) is 1. The molecule has 0 fully saturated rings. The summed E-state index contributed by atoms with van der Waals surface area (Å²) >= 11 is 0. The van der Waals surface area contributed by atoms with E-state index in [0.29, 0.717) is 37.6 Å². The summed E-state index contributed by atoms with van der Waals surface area (Å²) in [5.41, 5.74) is 4.48. The van der Waals surface area contributed by atoms with E-state index in [9.17, 15) is 4.79 Å². The van der Waals surface area contributed by atoms with Gasteiger partial charge in [-0.15, -0.1) is 5.10 Å². The molecule has 3 aromatic carbocycles. The smallest absolute Gasteiger partial charge is 0.253 e. The topological polar surface area (TPSA) is 98.2 Å². The highest BCUT2D eigenvalue weighted by molar-refractivity contribution is 5.79. The molecule has 0 aliphatic heterocycles. The average Bonchev–Trinajstić information content (AvgIpc) is 3.41. The Hall–Kier alpha value is -4.34. The molecule has 1 unspecified atom stereocenters. The number of aromatic amines is 1. The maximum absolute atomic E-state index is 13.7. The highest BCUT2D eigenvalue weighted by atomic mass is 16.5. The van der Waals surface area contributed by atoms with Crippen molar-refractivity contribution in [1.82, 2.24) is 30.1 Å². The number of aromatic nitrogens is 5. The minimum Gasteiger partial charge on any atom is -0.497 e. The van der Waals surface area contributed by atoms with Crippen LogP contribution in [-0.2, 0) is 24.4 Å². The summed E-state index contributed by atoms with van der Waals surface area (Å²) in [5, 5.41) is 13.6. The number of tetrazole rings is 1. The van der Waals surface area contributed by atoms with E-state index in [0.717, 1.165) is 33.3 Å². The number of hydrogen-bond acceptors (Lipinski definition) is 7. The Labute approximate surface area is 227 Å². The molecule has 9 nitrogen and oxygen atoms in total. The normalized spacial score (nSPS) is 12.2. The molecular weight excluding hydrogens is 492 g/mol. The van der Waals surface area contributed by atoms with Gasteiger partial charge in [0.25, 0.3) is 5.56 Å². The van der Waals surface area contributed by atoms with Gasteiger partial charge in [-0.2, -0.15) is 0 Å². The molecule has 39 heavy (non-hydrogen) atoms. The second-order valence-corrected chi connectivity index (χ2v) is 9.54. The van der Waals surface area contributed by atoms with Crippen molar-refractivity contribution >= 4 is 10.9 Å². The van der Waals surface area contributed by atoms with Crippen LogP contribution in [0.15, 0.2) is 83.7 Å². The number of methoxy groups -OCH3 is 2. The predicted molar refractivity (Wildman–Crippen MR) is 150 cm³/mol. The lowest BCUT2D eigenvalue weighted by molar-refractivity contribution is 0.169. The number of benzene rings is 3. The van der Waals surface area contributed by atoms with Crippen molar-refractivity contribution in [1.29, 1.82) is 0 Å². The molecule has 2 aromatic heterocycles. The first-order valence-electron chi connectivity index (χ1n) is 12.8. The van der Waals surface area contributed by atoms with Gasteiger partial charge >= 0.3 is 0 Å². The van der Waals surface area contributed by atoms with Crippen LogP contribution in [0.2, 0.25) is 0 Å². The molecular formula is C30H32N6O3. The van der Waals surface area contributed by atoms with Crippen molar-refractivity contribution in [2.24, 2.45) is 0 Å². The van der Waals surface area contributed by atoms with Crippen LogP contribution in [0.3, 0.4) is 0 Å². The zero-order valence-corrected chi connectivity index (χ0v) is 22.4. The highest BCUT2D eigenvalue weighted by Crippen LogP contribution is 2.30. The molecule has 1 N–H and O–H groups in total. The van der Waals surface area contributed by atoms with E-state index in [4.69, 9.17) is 9.47 Å². The monoisotopic (exact) mass is 524 g/mol. The summed E-state index contributed by atoms with van der Waals surface area (Å²) in [5.74, 6) is 1.36. The number of H-pyrrole nitrogens is 1. The fourth-order valence-corrected chi connectivity index (χ4v) is 4.81. The van der Waals surface area contributed by atoms with Gasteiger partial charge in [-0.1, -0.05) is 54.1 Å². The highest BCUT2D eigenvalue weighted by Gasteiger charge is 2.31. The lowest BCUT2D eigenvalue weighted by atomic mass is 10.0. The van der Waals surface area contributed by atoms with Gasteiger partial charge in [-0.05, 0) is 64.2 Å². The van der Waals surface area contributed by atoms with Gasteiger partial charge in [0.05, 0.1) is 20.3 Å². The minimum atomic E-state index is -0.534. The number of pyridine rings is 1. The molecule has 0 saturated heterocycles. The van der Waals surface area contributed by atoms with Gasteiger partial charge in [0, 0.05) is 31.3 Å². The van der Waals surface area contributed by atoms with Gasteiger partial charge in [-0.25, -0.2) is 4.68 Å². The SMILES string of the molecule is COCCn1nnnc1C(c1cc2cc(C)ccc2[nH]c1=O)N(Cc1ccccc1)Cc1ccc(OC)cc1. The zero-order chi connectivity index (χ0) is 27.2. The lowest BCUT2D eigenvalue weighted by Crippen LogP contribution is -2.35. The Morgan fingerprint density at radius 3 is 2.41 bits per heavy atom. The van der Waals surface area contributed by atoms with Gasteiger partial charge in [0.15, 0.2) is 5.82 Å². The molecule has 200 valence electrons. The molecule has 0 saturated carbocycles. The van der Waals surface area contributed by atoms with E-state index in [1.807, 2.05) is 67.6 Å². The summed E-state index contributed by atoms with van der Waals surface area (Å²) in [6, 6.07) is 25.6. The Kier molecular flexibility index (Phi) is 8.10. The fourth-order valence-electron chi connectivity index (χ4n) is 4.81. The van der Waals surface area contributed by atoms with Crippen LogP contribution >= 0.6 is 0 Å². The van der Waals surface area contributed by atoms with Crippen LogP contribution in [-0.4, -0.2) is 50.9 Å². The molecule has 9 heteroatoms. The first-order valence-corrected chi connectivity index (χ1v) is 12.8. The molecule has 1 atom stereocenters. The number of rotatable bonds is 11. The molecule has 5 rings (SSSR count). The van der Waals surface area contributed by atoms with Crippen LogP contribution in [0.25, 0.3) is 10.9 Å². The van der Waals surface area contributed by atoms with Gasteiger partial charge in [0.1, 0.15) is 11.8 Å². The Bertz CT molecular complexity index is 1580. The summed E-state index contributed by atoms with van der Waals surface area (Å²) in [6.07, 6.45) is 0. The third-order valence-corrected chi connectivity index (χ3v) is 6.77. The Morgan fingerprint density at radius 1 is 0.949 bits per heavy atom. The first-order chi connectivity index (χ1) is 19.1. The van der Waals surface area contributed by atoms with Gasteiger partial charge in [-0.3, -0.25) is 9.69 Å². The second-order valence-electron chi connectivity index (χ2n) is 9.54. The molecule has 2 heterocycles. The minimum absolute atomic E-state index is 0.176. The van der Waals surface area contributed by atoms with E-state index < -0.39 is 6.04 Å². The molecule has 0 amide bonds. The molecule has 0 aliphatic rings. The standard InChI is InChI=1S/C30H32N6O3/c1-21-9-14-27-24(17-21)18-26(30(37)31-27)28(29-32-33-34-36(29)15-16-38-2)35(19-22-7-5-4-6-8-22)20-23-10-12-25(39-3)13-11-23/h4-14,17-18,28H,15-16,19-20H2,1-3H3,(H,31,37). The number of nitrogens with zero attached hydrogens (tertiary/aromatic N) is 5. The van der Waals surface area contributed by atoms with Crippen LogP contribution in [0.1, 0.15) is 34.1 Å². The average molecular weight is 525 g/mol. The molecule has 5 aromatic rings. The van der Waals surface area contributed by atoms with Crippen LogP contribution in [0.5, 0.6) is 5.75 Å². The summed E-state index contributed by atoms with van der Waals surface area (Å²) in [7, 11) is 3.30. The van der Waals surface area contributed by atoms with Crippen molar-refractivity contribution in [3.63, 3.8) is 0 Å². The second kappa shape index (κ2) is 12.0. The van der Waals surface area contributed by atoms with E-state index in [1.165, 1.54) is 0 Å². The van der Waals surface area contributed by atoms with Crippen molar-refractivity contribution in [3.8, 4) is 5.75 Å². The van der Waals surface area contributed by atoms with Crippen molar-refractivity contribution in [2.75, 3.05) is 20.8 Å². The third kappa shape index (κ3) is 6.05. The Balaban J connectivity index is 1.67. The number of ether oxygens (including phenoxy) is 2. The predicted octanol–water partition coefficient (Wildman–Crippen LogP) is 4.27. The maximum atomic E-state index is 13.7. The van der Waals surface area contributed by atoms with Crippen molar-refractivity contribution in [3.05, 3.63) is 117 Å². The number of hydrogen-bond donors (Lipinski definition) is 1. The van der Waals surface area contributed by atoms with E-state index in [-0.39, 0.29) is 5.56 Å². The van der Waals surface area contributed by atoms with E-state index >= 15 is 0 Å². The van der Waals surface area contributed by atoms with E-state index in [1.54, 1.807) is 18.9 Å². The number of aryl methyl sites for hydroxylation is 1. The van der Waals surface area contributed by atoms with Gasteiger partial charge in [0.2, 0.25) is 0 Å². The molecule has 0 spiro atoms. The van der Waals surface area contributed by atoms with Crippen molar-refractivity contribution in [2.45, 2.75) is 32.6 Å². The molecule has 0 bridgehead atoms. The Morgan fingerprint density at radius 2 is 1.69 bits per heavy atom. The zero-order valence-electron chi connectivity index (χ0n) is 22.4. The summed E-state index contributed by atoms with van der Waals surface area (Å²) in [6.45, 7) is 4.06. The summed E-state index contributed by atoms with van der Waals surface area (Å²) < 4.78 is 12.4. The third-order valence-electron chi connectivity index (χ3n) is 6.77. The van der Waals surface area contributed by atoms with Crippen LogP contribution < -0.4 is 10.3 Å².